The third-order valence-electron chi connectivity index (χ3n) is 3.16. The number of carboxylic acid groups (broad SMARTS) is 1. The van der Waals surface area contributed by atoms with Crippen LogP contribution < -0.4 is 5.43 Å². The SMILES string of the molecule is Cc1cc(=O)cc(C)n1C1COCC1C(=O)O. The highest BCUT2D eigenvalue weighted by atomic mass is 16.5. The number of aliphatic carboxylic acids is 1. The molecule has 1 aromatic heterocycles. The Labute approximate surface area is 98.6 Å². The molecule has 0 aliphatic carbocycles. The lowest BCUT2D eigenvalue weighted by atomic mass is 10.0. The van der Waals surface area contributed by atoms with Gasteiger partial charge < -0.3 is 14.4 Å². The van der Waals surface area contributed by atoms with Crippen LogP contribution in [0.4, 0.5) is 0 Å². The average molecular weight is 237 g/mol. The number of nitrogens with zero attached hydrogens (tertiary/aromatic N) is 1. The van der Waals surface area contributed by atoms with Gasteiger partial charge in [-0.15, -0.1) is 0 Å². The Morgan fingerprint density at radius 2 is 1.94 bits per heavy atom. The van der Waals surface area contributed by atoms with E-state index in [-0.39, 0.29) is 18.1 Å². The van der Waals surface area contributed by atoms with Crippen LogP contribution in [0.5, 0.6) is 0 Å². The standard InChI is InChI=1S/C12H15NO4/c1-7-3-9(14)4-8(2)13(7)11-6-17-5-10(11)12(15)16/h3-4,10-11H,5-6H2,1-2H3,(H,15,16). The molecule has 1 N–H and O–H groups in total. The van der Waals surface area contributed by atoms with Gasteiger partial charge in [-0.1, -0.05) is 0 Å². The van der Waals surface area contributed by atoms with Gasteiger partial charge >= 0.3 is 5.97 Å². The van der Waals surface area contributed by atoms with Crippen molar-refractivity contribution in [2.24, 2.45) is 5.92 Å². The summed E-state index contributed by atoms with van der Waals surface area (Å²) in [6, 6.07) is 2.81. The molecule has 2 heterocycles. The number of pyridine rings is 1. The van der Waals surface area contributed by atoms with Gasteiger partial charge in [-0.05, 0) is 13.8 Å². The molecule has 1 aromatic rings. The lowest BCUT2D eigenvalue weighted by Gasteiger charge is -2.23. The molecule has 0 amide bonds. The molecule has 1 aliphatic heterocycles. The molecular weight excluding hydrogens is 222 g/mol. The van der Waals surface area contributed by atoms with Crippen molar-refractivity contribution < 1.29 is 14.6 Å². The maximum atomic E-state index is 11.3. The summed E-state index contributed by atoms with van der Waals surface area (Å²) in [7, 11) is 0. The zero-order valence-corrected chi connectivity index (χ0v) is 9.84. The molecule has 5 nitrogen and oxygen atoms in total. The second-order valence-electron chi connectivity index (χ2n) is 4.39. The second-order valence-corrected chi connectivity index (χ2v) is 4.39. The number of aromatic nitrogens is 1. The van der Waals surface area contributed by atoms with Crippen LogP contribution >= 0.6 is 0 Å². The van der Waals surface area contributed by atoms with E-state index in [4.69, 9.17) is 9.84 Å². The minimum atomic E-state index is -0.856. The van der Waals surface area contributed by atoms with E-state index < -0.39 is 11.9 Å². The van der Waals surface area contributed by atoms with Crippen molar-refractivity contribution in [1.29, 1.82) is 0 Å². The van der Waals surface area contributed by atoms with E-state index in [1.807, 2.05) is 18.4 Å². The maximum Gasteiger partial charge on any atom is 0.311 e. The lowest BCUT2D eigenvalue weighted by molar-refractivity contribution is -0.142. The van der Waals surface area contributed by atoms with E-state index >= 15 is 0 Å². The molecule has 2 atom stereocenters. The summed E-state index contributed by atoms with van der Waals surface area (Å²) in [5.74, 6) is -1.40. The number of rotatable bonds is 2. The fourth-order valence-corrected chi connectivity index (χ4v) is 2.43. The fourth-order valence-electron chi connectivity index (χ4n) is 2.43. The van der Waals surface area contributed by atoms with Crippen molar-refractivity contribution in [3.05, 3.63) is 33.7 Å². The highest BCUT2D eigenvalue weighted by Gasteiger charge is 2.36. The average Bonchev–Trinajstić information content (AvgIpc) is 2.64. The molecule has 0 spiro atoms. The molecule has 17 heavy (non-hydrogen) atoms. The van der Waals surface area contributed by atoms with Gasteiger partial charge in [0.05, 0.1) is 19.3 Å². The Hall–Kier alpha value is -1.62. The highest BCUT2D eigenvalue weighted by molar-refractivity contribution is 5.71. The number of carbonyl (C=O) groups is 1. The zero-order chi connectivity index (χ0) is 12.6. The summed E-state index contributed by atoms with van der Waals surface area (Å²) >= 11 is 0. The Bertz CT molecular complexity index is 479. The Morgan fingerprint density at radius 3 is 2.47 bits per heavy atom. The molecular formula is C12H15NO4. The third kappa shape index (κ3) is 2.10. The number of hydrogen-bond donors (Lipinski definition) is 1. The fraction of sp³-hybridized carbons (Fsp3) is 0.500. The molecule has 0 bridgehead atoms. The maximum absolute atomic E-state index is 11.3. The highest BCUT2D eigenvalue weighted by Crippen LogP contribution is 2.28. The zero-order valence-electron chi connectivity index (χ0n) is 9.84. The van der Waals surface area contributed by atoms with Gasteiger partial charge in [0.15, 0.2) is 5.43 Å². The van der Waals surface area contributed by atoms with Crippen LogP contribution in [0.25, 0.3) is 0 Å². The van der Waals surface area contributed by atoms with Crippen LogP contribution in [0.1, 0.15) is 17.4 Å². The van der Waals surface area contributed by atoms with Crippen LogP contribution in [-0.2, 0) is 9.53 Å². The van der Waals surface area contributed by atoms with E-state index in [1.165, 1.54) is 12.1 Å². The van der Waals surface area contributed by atoms with Crippen LogP contribution in [0.3, 0.4) is 0 Å². The van der Waals surface area contributed by atoms with Gasteiger partial charge in [0.1, 0.15) is 5.92 Å². The molecule has 1 saturated heterocycles. The minimum absolute atomic E-state index is 0.0537. The Morgan fingerprint density at radius 1 is 1.35 bits per heavy atom. The van der Waals surface area contributed by atoms with Gasteiger partial charge in [0.25, 0.3) is 0 Å². The lowest BCUT2D eigenvalue weighted by Crippen LogP contribution is -2.28. The summed E-state index contributed by atoms with van der Waals surface area (Å²) < 4.78 is 7.13. The summed E-state index contributed by atoms with van der Waals surface area (Å²) in [5, 5.41) is 9.13. The predicted molar refractivity (Wildman–Crippen MR) is 61.2 cm³/mol. The van der Waals surface area contributed by atoms with Crippen molar-refractivity contribution in [1.82, 2.24) is 4.57 Å². The molecule has 0 aromatic carbocycles. The topological polar surface area (TPSA) is 68.5 Å². The van der Waals surface area contributed by atoms with E-state index in [0.717, 1.165) is 11.4 Å². The van der Waals surface area contributed by atoms with Gasteiger partial charge in [0, 0.05) is 23.5 Å². The summed E-state index contributed by atoms with van der Waals surface area (Å²) in [6.07, 6.45) is 0. The number of aryl methyl sites for hydroxylation is 2. The number of carboxylic acids is 1. The largest absolute Gasteiger partial charge is 0.481 e. The quantitative estimate of drug-likeness (QED) is 0.823. The first-order valence-corrected chi connectivity index (χ1v) is 5.51. The monoisotopic (exact) mass is 237 g/mol. The van der Waals surface area contributed by atoms with Gasteiger partial charge in [-0.3, -0.25) is 9.59 Å². The van der Waals surface area contributed by atoms with Crippen molar-refractivity contribution in [3.8, 4) is 0 Å². The molecule has 1 aliphatic rings. The molecule has 0 saturated carbocycles. The summed E-state index contributed by atoms with van der Waals surface area (Å²) in [5.41, 5.74) is 1.50. The van der Waals surface area contributed by atoms with Crippen LogP contribution in [0.15, 0.2) is 16.9 Å². The van der Waals surface area contributed by atoms with Crippen molar-refractivity contribution in [2.45, 2.75) is 19.9 Å². The van der Waals surface area contributed by atoms with Crippen LogP contribution in [-0.4, -0.2) is 28.9 Å². The summed E-state index contributed by atoms with van der Waals surface area (Å²) in [6.45, 7) is 4.23. The van der Waals surface area contributed by atoms with Crippen molar-refractivity contribution >= 4 is 5.97 Å². The van der Waals surface area contributed by atoms with Crippen LogP contribution in [0, 0.1) is 19.8 Å². The van der Waals surface area contributed by atoms with E-state index in [2.05, 4.69) is 0 Å². The van der Waals surface area contributed by atoms with Crippen molar-refractivity contribution in [2.75, 3.05) is 13.2 Å². The Kier molecular flexibility index (Phi) is 3.02. The normalized spacial score (nSPS) is 23.9. The van der Waals surface area contributed by atoms with E-state index in [1.54, 1.807) is 0 Å². The van der Waals surface area contributed by atoms with Gasteiger partial charge in [-0.25, -0.2) is 0 Å². The summed E-state index contributed by atoms with van der Waals surface area (Å²) in [4.78, 5) is 22.5. The van der Waals surface area contributed by atoms with Crippen molar-refractivity contribution in [3.63, 3.8) is 0 Å². The Balaban J connectivity index is 2.47. The van der Waals surface area contributed by atoms with E-state index in [0.29, 0.717) is 6.61 Å². The second kappa shape index (κ2) is 4.33. The first-order chi connectivity index (χ1) is 8.00. The molecule has 2 rings (SSSR count). The number of hydrogen-bond acceptors (Lipinski definition) is 3. The number of ether oxygens (including phenoxy) is 1. The van der Waals surface area contributed by atoms with Gasteiger partial charge in [0.2, 0.25) is 0 Å². The first-order valence-electron chi connectivity index (χ1n) is 5.51. The molecule has 5 heteroatoms. The third-order valence-corrected chi connectivity index (χ3v) is 3.16. The smallest absolute Gasteiger partial charge is 0.311 e. The minimum Gasteiger partial charge on any atom is -0.481 e. The molecule has 92 valence electrons. The molecule has 0 radical (unpaired) electrons. The first kappa shape index (κ1) is 11.9. The molecule has 1 fully saturated rings. The van der Waals surface area contributed by atoms with E-state index in [9.17, 15) is 9.59 Å². The van der Waals surface area contributed by atoms with Crippen LogP contribution in [0.2, 0.25) is 0 Å². The molecule has 2 unspecified atom stereocenters. The predicted octanol–water partition coefficient (Wildman–Crippen LogP) is 0.737. The van der Waals surface area contributed by atoms with Gasteiger partial charge in [-0.2, -0.15) is 0 Å².